The number of nitrogens with one attached hydrogen (secondary N) is 1. The van der Waals surface area contributed by atoms with E-state index in [1.165, 1.54) is 12.1 Å². The van der Waals surface area contributed by atoms with E-state index >= 15 is 0 Å². The Bertz CT molecular complexity index is 424. The molecule has 2 nitrogen and oxygen atoms in total. The highest BCUT2D eigenvalue weighted by Crippen LogP contribution is 2.13. The number of aromatic nitrogens is 2. The van der Waals surface area contributed by atoms with Crippen molar-refractivity contribution < 1.29 is 4.39 Å². The van der Waals surface area contributed by atoms with Gasteiger partial charge >= 0.3 is 0 Å². The monoisotopic (exact) mass is 196 g/mol. The van der Waals surface area contributed by atoms with Crippen molar-refractivity contribution in [1.82, 2.24) is 9.97 Å². The molecule has 0 radical (unpaired) electrons. The molecule has 0 fully saturated rings. The lowest BCUT2D eigenvalue weighted by atomic mass is 10.3. The van der Waals surface area contributed by atoms with Gasteiger partial charge in [-0.15, -0.1) is 0 Å². The summed E-state index contributed by atoms with van der Waals surface area (Å²) in [7, 11) is 0. The maximum Gasteiger partial charge on any atom is 0.125 e. The van der Waals surface area contributed by atoms with Crippen molar-refractivity contribution >= 4 is 23.7 Å². The second kappa shape index (κ2) is 3.38. The van der Waals surface area contributed by atoms with Crippen molar-refractivity contribution in [2.24, 2.45) is 0 Å². The summed E-state index contributed by atoms with van der Waals surface area (Å²) < 4.78 is 12.8. The largest absolute Gasteiger partial charge is 0.342 e. The fraction of sp³-hybridized carbons (Fsp3) is 0.222. The number of benzene rings is 1. The molecule has 0 aliphatic rings. The van der Waals surface area contributed by atoms with Crippen LogP contribution in [0.3, 0.4) is 0 Å². The molecule has 0 spiro atoms. The molecule has 0 atom stereocenters. The van der Waals surface area contributed by atoms with E-state index in [2.05, 4.69) is 22.6 Å². The molecule has 13 heavy (non-hydrogen) atoms. The Hall–Kier alpha value is -1.03. The van der Waals surface area contributed by atoms with Crippen LogP contribution in [0.4, 0.5) is 4.39 Å². The summed E-state index contributed by atoms with van der Waals surface area (Å²) >= 11 is 4.10. The quantitative estimate of drug-likeness (QED) is 0.708. The van der Waals surface area contributed by atoms with Crippen LogP contribution in [0.5, 0.6) is 0 Å². The second-order valence-electron chi connectivity index (χ2n) is 2.82. The third-order valence-electron chi connectivity index (χ3n) is 1.84. The lowest BCUT2D eigenvalue weighted by molar-refractivity contribution is 0.629. The second-order valence-corrected chi connectivity index (χ2v) is 3.27. The molecule has 4 heteroatoms. The predicted molar refractivity (Wildman–Crippen MR) is 53.6 cm³/mol. The molecule has 2 rings (SSSR count). The van der Waals surface area contributed by atoms with E-state index in [0.29, 0.717) is 0 Å². The van der Waals surface area contributed by atoms with E-state index in [1.807, 2.05) is 0 Å². The molecule has 0 aliphatic carbocycles. The van der Waals surface area contributed by atoms with Gasteiger partial charge in [0.1, 0.15) is 11.6 Å². The minimum atomic E-state index is -0.242. The fourth-order valence-corrected chi connectivity index (χ4v) is 1.47. The number of thiol groups is 1. The Morgan fingerprint density at radius 1 is 1.46 bits per heavy atom. The predicted octanol–water partition coefficient (Wildman–Crippen LogP) is 2.17. The van der Waals surface area contributed by atoms with Crippen LogP contribution < -0.4 is 0 Å². The Balaban J connectivity index is 2.49. The van der Waals surface area contributed by atoms with Gasteiger partial charge < -0.3 is 4.98 Å². The Labute approximate surface area is 80.6 Å². The van der Waals surface area contributed by atoms with Gasteiger partial charge in [0.15, 0.2) is 0 Å². The van der Waals surface area contributed by atoms with Crippen molar-refractivity contribution in [3.05, 3.63) is 29.8 Å². The number of halogens is 1. The highest BCUT2D eigenvalue weighted by atomic mass is 32.1. The molecular weight excluding hydrogens is 187 g/mol. The standard InChI is InChI=1S/C9H9FN2S/c10-6-1-2-7-8(5-6)12-9(11-7)3-4-13/h1-2,5,13H,3-4H2,(H,11,12). The molecule has 1 aromatic heterocycles. The maximum absolute atomic E-state index is 12.8. The zero-order valence-electron chi connectivity index (χ0n) is 6.92. The van der Waals surface area contributed by atoms with E-state index in [0.717, 1.165) is 29.0 Å². The first kappa shape index (κ1) is 8.56. The Morgan fingerprint density at radius 3 is 3.08 bits per heavy atom. The Morgan fingerprint density at radius 2 is 2.31 bits per heavy atom. The molecule has 0 amide bonds. The van der Waals surface area contributed by atoms with Crippen LogP contribution >= 0.6 is 12.6 Å². The molecule has 0 saturated carbocycles. The van der Waals surface area contributed by atoms with E-state index in [4.69, 9.17) is 0 Å². The first-order valence-electron chi connectivity index (χ1n) is 4.04. The van der Waals surface area contributed by atoms with Gasteiger partial charge in [-0.25, -0.2) is 9.37 Å². The van der Waals surface area contributed by atoms with E-state index in [9.17, 15) is 4.39 Å². The summed E-state index contributed by atoms with van der Waals surface area (Å²) in [6, 6.07) is 4.53. The number of aryl methyl sites for hydroxylation is 1. The summed E-state index contributed by atoms with van der Waals surface area (Å²) in [6.07, 6.45) is 0.777. The number of rotatable bonds is 2. The summed E-state index contributed by atoms with van der Waals surface area (Å²) in [4.78, 5) is 7.31. The highest BCUT2D eigenvalue weighted by molar-refractivity contribution is 7.80. The minimum Gasteiger partial charge on any atom is -0.342 e. The molecule has 1 aromatic carbocycles. The average Bonchev–Trinajstić information content (AvgIpc) is 2.46. The topological polar surface area (TPSA) is 28.7 Å². The minimum absolute atomic E-state index is 0.242. The van der Waals surface area contributed by atoms with Crippen molar-refractivity contribution in [3.63, 3.8) is 0 Å². The fourth-order valence-electron chi connectivity index (χ4n) is 1.26. The molecule has 68 valence electrons. The van der Waals surface area contributed by atoms with Crippen molar-refractivity contribution in [2.45, 2.75) is 6.42 Å². The van der Waals surface area contributed by atoms with Crippen LogP contribution in [0.2, 0.25) is 0 Å². The van der Waals surface area contributed by atoms with Gasteiger partial charge in [-0.1, -0.05) is 0 Å². The van der Waals surface area contributed by atoms with E-state index in [-0.39, 0.29) is 5.82 Å². The number of hydrogen-bond acceptors (Lipinski definition) is 2. The molecule has 0 aliphatic heterocycles. The SMILES string of the molecule is Fc1ccc2nc(CCS)[nH]c2c1. The van der Waals surface area contributed by atoms with Gasteiger partial charge in [-0.3, -0.25) is 0 Å². The Kier molecular flexibility index (Phi) is 2.22. The van der Waals surface area contributed by atoms with Gasteiger partial charge in [0.25, 0.3) is 0 Å². The van der Waals surface area contributed by atoms with Crippen LogP contribution in [0.25, 0.3) is 11.0 Å². The number of fused-ring (bicyclic) bond motifs is 1. The number of nitrogens with zero attached hydrogens (tertiary/aromatic N) is 1. The number of aromatic amines is 1. The maximum atomic E-state index is 12.8. The zero-order chi connectivity index (χ0) is 9.26. The number of H-pyrrole nitrogens is 1. The van der Waals surface area contributed by atoms with Gasteiger partial charge in [0.05, 0.1) is 11.0 Å². The third-order valence-corrected chi connectivity index (χ3v) is 2.07. The molecule has 0 bridgehead atoms. The van der Waals surface area contributed by atoms with Gasteiger partial charge in [-0.05, 0) is 24.0 Å². The first-order chi connectivity index (χ1) is 6.29. The van der Waals surface area contributed by atoms with Gasteiger partial charge in [0, 0.05) is 6.42 Å². The normalized spacial score (nSPS) is 10.9. The van der Waals surface area contributed by atoms with Crippen LogP contribution in [0.1, 0.15) is 5.82 Å². The van der Waals surface area contributed by atoms with E-state index in [1.54, 1.807) is 6.07 Å². The molecule has 1 N–H and O–H groups in total. The number of imidazole rings is 1. The lowest BCUT2D eigenvalue weighted by Crippen LogP contribution is -1.87. The molecule has 0 unspecified atom stereocenters. The zero-order valence-corrected chi connectivity index (χ0v) is 7.81. The van der Waals surface area contributed by atoms with Crippen LogP contribution in [0.15, 0.2) is 18.2 Å². The van der Waals surface area contributed by atoms with Crippen LogP contribution in [-0.2, 0) is 6.42 Å². The summed E-state index contributed by atoms with van der Waals surface area (Å²) in [5.74, 6) is 1.35. The number of hydrogen-bond donors (Lipinski definition) is 2. The molecule has 1 heterocycles. The summed E-state index contributed by atoms with van der Waals surface area (Å²) in [6.45, 7) is 0. The van der Waals surface area contributed by atoms with Crippen LogP contribution in [0, 0.1) is 5.82 Å². The average molecular weight is 196 g/mol. The van der Waals surface area contributed by atoms with Gasteiger partial charge in [-0.2, -0.15) is 12.6 Å². The molecular formula is C9H9FN2S. The lowest BCUT2D eigenvalue weighted by Gasteiger charge is -1.87. The third kappa shape index (κ3) is 1.67. The summed E-state index contributed by atoms with van der Waals surface area (Å²) in [5, 5.41) is 0. The smallest absolute Gasteiger partial charge is 0.125 e. The highest BCUT2D eigenvalue weighted by Gasteiger charge is 2.02. The van der Waals surface area contributed by atoms with Crippen LogP contribution in [-0.4, -0.2) is 15.7 Å². The van der Waals surface area contributed by atoms with Crippen molar-refractivity contribution in [3.8, 4) is 0 Å². The first-order valence-corrected chi connectivity index (χ1v) is 4.68. The molecule has 0 saturated heterocycles. The van der Waals surface area contributed by atoms with Gasteiger partial charge in [0.2, 0.25) is 0 Å². The van der Waals surface area contributed by atoms with Crippen molar-refractivity contribution in [1.29, 1.82) is 0 Å². The van der Waals surface area contributed by atoms with E-state index < -0.39 is 0 Å². The van der Waals surface area contributed by atoms with Crippen molar-refractivity contribution in [2.75, 3.05) is 5.75 Å². The summed E-state index contributed by atoms with van der Waals surface area (Å²) in [5.41, 5.74) is 1.55. The molecule has 2 aromatic rings.